The number of rotatable bonds is 17. The third-order valence-electron chi connectivity index (χ3n) is 4.35. The molecule has 152 valence electrons. The molecule has 0 aliphatic heterocycles. The first kappa shape index (κ1) is 27.0. The van der Waals surface area contributed by atoms with E-state index in [0.717, 1.165) is 43.8 Å². The van der Waals surface area contributed by atoms with Gasteiger partial charge in [0.15, 0.2) is 0 Å². The molecule has 2 nitrogen and oxygen atoms in total. The van der Waals surface area contributed by atoms with Crippen LogP contribution < -0.4 is 0 Å². The Morgan fingerprint density at radius 3 is 1.77 bits per heavy atom. The zero-order chi connectivity index (χ0) is 19.7. The molecular weight excluding hydrogens is 320 g/mol. The maximum Gasteiger partial charge on any atom is 0.145 e. The molecule has 0 bridgehead atoms. The first-order valence-corrected chi connectivity index (χ1v) is 11.0. The van der Waals surface area contributed by atoms with E-state index >= 15 is 0 Å². The van der Waals surface area contributed by atoms with Crippen molar-refractivity contribution in [3.05, 3.63) is 23.8 Å². The van der Waals surface area contributed by atoms with Gasteiger partial charge in [0.25, 0.3) is 0 Å². The SMILES string of the molecule is CCCC=CC=O.CCCCCCCCCC=C(C=O)CCCCCC. The van der Waals surface area contributed by atoms with Crippen LogP contribution in [0.2, 0.25) is 0 Å². The monoisotopic (exact) mass is 364 g/mol. The van der Waals surface area contributed by atoms with Crippen molar-refractivity contribution in [1.29, 1.82) is 0 Å². The summed E-state index contributed by atoms with van der Waals surface area (Å²) in [5.41, 5.74) is 1.03. The van der Waals surface area contributed by atoms with Crippen molar-refractivity contribution < 1.29 is 9.59 Å². The second kappa shape index (κ2) is 26.1. The first-order valence-electron chi connectivity index (χ1n) is 11.0. The van der Waals surface area contributed by atoms with Crippen molar-refractivity contribution in [2.75, 3.05) is 0 Å². The summed E-state index contributed by atoms with van der Waals surface area (Å²) in [7, 11) is 0. The minimum absolute atomic E-state index is 0.801. The molecule has 0 amide bonds. The van der Waals surface area contributed by atoms with Gasteiger partial charge < -0.3 is 0 Å². The summed E-state index contributed by atoms with van der Waals surface area (Å²) in [4.78, 5) is 20.5. The van der Waals surface area contributed by atoms with Gasteiger partial charge in [-0.2, -0.15) is 0 Å². The predicted molar refractivity (Wildman–Crippen MR) is 116 cm³/mol. The van der Waals surface area contributed by atoms with Gasteiger partial charge in [0.2, 0.25) is 0 Å². The largest absolute Gasteiger partial charge is 0.299 e. The summed E-state index contributed by atoms with van der Waals surface area (Å²) >= 11 is 0. The van der Waals surface area contributed by atoms with Crippen molar-refractivity contribution in [2.45, 2.75) is 117 Å². The van der Waals surface area contributed by atoms with Crippen LogP contribution in [0.3, 0.4) is 0 Å². The van der Waals surface area contributed by atoms with Crippen LogP contribution in [0, 0.1) is 0 Å². The molecule has 0 aromatic heterocycles. The second-order valence-electron chi connectivity index (χ2n) is 6.97. The fourth-order valence-electron chi connectivity index (χ4n) is 2.67. The Hall–Kier alpha value is -1.18. The zero-order valence-corrected chi connectivity index (χ0v) is 17.8. The van der Waals surface area contributed by atoms with Crippen LogP contribution in [0.25, 0.3) is 0 Å². The summed E-state index contributed by atoms with van der Waals surface area (Å²) in [6, 6.07) is 0. The van der Waals surface area contributed by atoms with E-state index in [4.69, 9.17) is 0 Å². The first-order chi connectivity index (χ1) is 12.8. The molecule has 0 saturated carbocycles. The highest BCUT2D eigenvalue weighted by Gasteiger charge is 1.96. The van der Waals surface area contributed by atoms with Gasteiger partial charge in [-0.1, -0.05) is 97.1 Å². The maximum atomic E-state index is 10.9. The summed E-state index contributed by atoms with van der Waals surface area (Å²) in [6.45, 7) is 6.55. The maximum absolute atomic E-state index is 10.9. The molecule has 0 unspecified atom stereocenters. The Balaban J connectivity index is 0. The van der Waals surface area contributed by atoms with Gasteiger partial charge in [0.05, 0.1) is 0 Å². The van der Waals surface area contributed by atoms with Gasteiger partial charge in [-0.25, -0.2) is 0 Å². The summed E-state index contributed by atoms with van der Waals surface area (Å²) in [5.74, 6) is 0. The summed E-state index contributed by atoms with van der Waals surface area (Å²) < 4.78 is 0. The van der Waals surface area contributed by atoms with Crippen molar-refractivity contribution in [1.82, 2.24) is 0 Å². The highest BCUT2D eigenvalue weighted by molar-refractivity contribution is 5.72. The molecular formula is C24H44O2. The molecule has 2 heteroatoms. The molecule has 0 aliphatic carbocycles. The van der Waals surface area contributed by atoms with Gasteiger partial charge >= 0.3 is 0 Å². The fourth-order valence-corrected chi connectivity index (χ4v) is 2.67. The normalized spacial score (nSPS) is 11.3. The highest BCUT2D eigenvalue weighted by atomic mass is 16.1. The number of carbonyl (C=O) groups excluding carboxylic acids is 2. The molecule has 0 N–H and O–H groups in total. The number of hydrogen-bond donors (Lipinski definition) is 0. The molecule has 26 heavy (non-hydrogen) atoms. The third kappa shape index (κ3) is 25.1. The Morgan fingerprint density at radius 1 is 0.654 bits per heavy atom. The van der Waals surface area contributed by atoms with Crippen LogP contribution in [0.15, 0.2) is 23.8 Å². The minimum Gasteiger partial charge on any atom is -0.299 e. The summed E-state index contributed by atoms with van der Waals surface area (Å²) in [6.07, 6.45) is 26.1. The smallest absolute Gasteiger partial charge is 0.145 e. The average molecular weight is 365 g/mol. The molecule has 0 spiro atoms. The molecule has 0 heterocycles. The van der Waals surface area contributed by atoms with E-state index in [1.165, 1.54) is 76.7 Å². The second-order valence-corrected chi connectivity index (χ2v) is 6.97. The van der Waals surface area contributed by atoms with Gasteiger partial charge in [0, 0.05) is 0 Å². The van der Waals surface area contributed by atoms with Crippen LogP contribution in [0.4, 0.5) is 0 Å². The van der Waals surface area contributed by atoms with Crippen LogP contribution in [0.1, 0.15) is 117 Å². The topological polar surface area (TPSA) is 34.1 Å². The van der Waals surface area contributed by atoms with E-state index in [1.54, 1.807) is 0 Å². The van der Waals surface area contributed by atoms with Crippen molar-refractivity contribution in [3.63, 3.8) is 0 Å². The Labute approximate surface area is 163 Å². The lowest BCUT2D eigenvalue weighted by Crippen LogP contribution is -1.87. The van der Waals surface area contributed by atoms with E-state index in [1.807, 2.05) is 6.08 Å². The van der Waals surface area contributed by atoms with Crippen LogP contribution in [-0.2, 0) is 9.59 Å². The van der Waals surface area contributed by atoms with E-state index in [2.05, 4.69) is 26.8 Å². The van der Waals surface area contributed by atoms with E-state index < -0.39 is 0 Å². The van der Waals surface area contributed by atoms with Crippen LogP contribution in [0.5, 0.6) is 0 Å². The van der Waals surface area contributed by atoms with E-state index in [9.17, 15) is 9.59 Å². The zero-order valence-electron chi connectivity index (χ0n) is 17.8. The fraction of sp³-hybridized carbons (Fsp3) is 0.750. The van der Waals surface area contributed by atoms with Gasteiger partial charge in [-0.3, -0.25) is 9.59 Å². The van der Waals surface area contributed by atoms with E-state index in [0.29, 0.717) is 0 Å². The number of hydrogen-bond acceptors (Lipinski definition) is 2. The lowest BCUT2D eigenvalue weighted by Gasteiger charge is -2.01. The van der Waals surface area contributed by atoms with Gasteiger partial charge in [-0.15, -0.1) is 0 Å². The number of allylic oxidation sites excluding steroid dienone is 4. The van der Waals surface area contributed by atoms with Gasteiger partial charge in [-0.05, 0) is 43.8 Å². The lowest BCUT2D eigenvalue weighted by atomic mass is 10.0. The highest BCUT2D eigenvalue weighted by Crippen LogP contribution is 2.12. The standard InChI is InChI=1S/C18H34O.C6H10O/c1-3-5-7-9-10-11-12-14-16-18(17-19)15-13-8-6-4-2;1-2-3-4-5-6-7/h16-17H,3-15H2,1-2H3;4-6H,2-3H2,1H3. The molecule has 0 radical (unpaired) electrons. The number of unbranched alkanes of at least 4 members (excludes halogenated alkanes) is 11. The molecule has 0 rings (SSSR count). The Morgan fingerprint density at radius 2 is 1.23 bits per heavy atom. The van der Waals surface area contributed by atoms with Crippen molar-refractivity contribution in [3.8, 4) is 0 Å². The Bertz CT molecular complexity index is 342. The van der Waals surface area contributed by atoms with Gasteiger partial charge in [0.1, 0.15) is 12.6 Å². The Kier molecular flexibility index (Phi) is 27.1. The molecule has 0 saturated heterocycles. The van der Waals surface area contributed by atoms with E-state index in [-0.39, 0.29) is 0 Å². The molecule has 0 atom stereocenters. The lowest BCUT2D eigenvalue weighted by molar-refractivity contribution is -0.105. The number of aldehydes is 2. The van der Waals surface area contributed by atoms with Crippen LogP contribution >= 0.6 is 0 Å². The molecule has 0 aromatic carbocycles. The van der Waals surface area contributed by atoms with Crippen molar-refractivity contribution in [2.24, 2.45) is 0 Å². The average Bonchev–Trinajstić information content (AvgIpc) is 2.66. The molecule has 0 aliphatic rings. The molecule has 0 aromatic rings. The minimum atomic E-state index is 0.801. The molecule has 0 fully saturated rings. The third-order valence-corrected chi connectivity index (χ3v) is 4.35. The summed E-state index contributed by atoms with van der Waals surface area (Å²) in [5, 5.41) is 0. The van der Waals surface area contributed by atoms with Crippen molar-refractivity contribution >= 4 is 12.6 Å². The number of carbonyl (C=O) groups is 2. The predicted octanol–water partition coefficient (Wildman–Crippen LogP) is 7.76. The quantitative estimate of drug-likeness (QED) is 0.150. The van der Waals surface area contributed by atoms with Crippen LogP contribution in [-0.4, -0.2) is 12.6 Å².